The lowest BCUT2D eigenvalue weighted by Gasteiger charge is -2.36. The van der Waals surface area contributed by atoms with Crippen LogP contribution in [0.1, 0.15) is 51.9 Å². The van der Waals surface area contributed by atoms with Gasteiger partial charge in [-0.2, -0.15) is 0 Å². The molecule has 1 fully saturated rings. The van der Waals surface area contributed by atoms with E-state index in [0.29, 0.717) is 18.0 Å². The number of rotatable bonds is 2. The van der Waals surface area contributed by atoms with E-state index in [1.165, 1.54) is 0 Å². The van der Waals surface area contributed by atoms with E-state index in [9.17, 15) is 4.79 Å². The summed E-state index contributed by atoms with van der Waals surface area (Å²) >= 11 is 0. The van der Waals surface area contributed by atoms with Crippen molar-refractivity contribution in [3.8, 4) is 0 Å². The lowest BCUT2D eigenvalue weighted by Crippen LogP contribution is -2.51. The second-order valence-electron chi connectivity index (χ2n) is 5.65. The molecule has 2 rings (SSSR count). The Hall–Kier alpha value is -0.830. The van der Waals surface area contributed by atoms with Crippen LogP contribution in [-0.2, 0) is 4.79 Å². The van der Waals surface area contributed by atoms with Gasteiger partial charge in [0, 0.05) is 12.1 Å². The minimum absolute atomic E-state index is 0.0335. The van der Waals surface area contributed by atoms with Gasteiger partial charge >= 0.3 is 0 Å². The predicted molar refractivity (Wildman–Crippen MR) is 74.4 cm³/mol. The fourth-order valence-corrected chi connectivity index (χ4v) is 3.32. The molecule has 1 saturated heterocycles. The minimum Gasteiger partial charge on any atom is -0.336 e. The van der Waals surface area contributed by atoms with Gasteiger partial charge in [-0.25, -0.2) is 0 Å². The van der Waals surface area contributed by atoms with E-state index in [1.807, 2.05) is 7.05 Å². The average Bonchev–Trinajstić information content (AvgIpc) is 2.69. The molecule has 0 saturated carbocycles. The summed E-state index contributed by atoms with van der Waals surface area (Å²) in [5.41, 5.74) is 0. The van der Waals surface area contributed by atoms with Crippen LogP contribution in [-0.4, -0.2) is 36.0 Å². The van der Waals surface area contributed by atoms with Crippen LogP contribution >= 0.6 is 0 Å². The second kappa shape index (κ2) is 6.37. The molecule has 0 spiro atoms. The van der Waals surface area contributed by atoms with Crippen molar-refractivity contribution in [2.75, 3.05) is 7.05 Å². The maximum atomic E-state index is 12.6. The quantitative estimate of drug-likeness (QED) is 0.764. The van der Waals surface area contributed by atoms with Crippen LogP contribution in [0.3, 0.4) is 0 Å². The van der Waals surface area contributed by atoms with Crippen LogP contribution in [0.25, 0.3) is 0 Å². The Morgan fingerprint density at radius 2 is 1.83 bits per heavy atom. The van der Waals surface area contributed by atoms with Crippen molar-refractivity contribution in [1.29, 1.82) is 0 Å². The first-order chi connectivity index (χ1) is 8.74. The van der Waals surface area contributed by atoms with Gasteiger partial charge in [0.15, 0.2) is 0 Å². The number of likely N-dealkylation sites (N-methyl/N-ethyl adjacent to an activating group) is 1. The Morgan fingerprint density at radius 1 is 1.17 bits per heavy atom. The smallest absolute Gasteiger partial charge is 0.240 e. The van der Waals surface area contributed by atoms with Crippen molar-refractivity contribution in [1.82, 2.24) is 10.2 Å². The SMILES string of the molecule is CNC1CCCC(C)N(C2CCC=CCC2)C1=O. The van der Waals surface area contributed by atoms with Crippen LogP contribution in [0.15, 0.2) is 12.2 Å². The molecule has 1 aliphatic heterocycles. The number of carbonyl (C=O) groups excluding carboxylic acids is 1. The van der Waals surface area contributed by atoms with E-state index >= 15 is 0 Å². The van der Waals surface area contributed by atoms with Gasteiger partial charge in [0.1, 0.15) is 0 Å². The van der Waals surface area contributed by atoms with Crippen LogP contribution in [0.2, 0.25) is 0 Å². The number of hydrogen-bond acceptors (Lipinski definition) is 2. The Bertz CT molecular complexity index is 304. The van der Waals surface area contributed by atoms with Crippen molar-refractivity contribution in [2.24, 2.45) is 0 Å². The number of carbonyl (C=O) groups is 1. The number of likely N-dealkylation sites (tertiary alicyclic amines) is 1. The Labute approximate surface area is 111 Å². The number of nitrogens with zero attached hydrogens (tertiary/aromatic N) is 1. The highest BCUT2D eigenvalue weighted by atomic mass is 16.2. The number of nitrogens with one attached hydrogen (secondary N) is 1. The molecule has 3 heteroatoms. The molecule has 102 valence electrons. The normalized spacial score (nSPS) is 31.2. The summed E-state index contributed by atoms with van der Waals surface area (Å²) in [5.74, 6) is 0.328. The zero-order chi connectivity index (χ0) is 13.0. The monoisotopic (exact) mass is 250 g/mol. The van der Waals surface area contributed by atoms with Crippen LogP contribution in [0.5, 0.6) is 0 Å². The maximum Gasteiger partial charge on any atom is 0.240 e. The molecule has 0 aromatic rings. The summed E-state index contributed by atoms with van der Waals surface area (Å²) < 4.78 is 0. The molecule has 2 aliphatic rings. The Balaban J connectivity index is 2.12. The Kier molecular flexibility index (Phi) is 4.81. The van der Waals surface area contributed by atoms with Gasteiger partial charge in [-0.15, -0.1) is 0 Å². The third kappa shape index (κ3) is 2.94. The molecule has 2 atom stereocenters. The van der Waals surface area contributed by atoms with Gasteiger partial charge in [0.2, 0.25) is 5.91 Å². The van der Waals surface area contributed by atoms with Gasteiger partial charge in [-0.3, -0.25) is 4.79 Å². The van der Waals surface area contributed by atoms with Crippen molar-refractivity contribution in [2.45, 2.75) is 70.0 Å². The lowest BCUT2D eigenvalue weighted by atomic mass is 10.0. The van der Waals surface area contributed by atoms with E-state index in [4.69, 9.17) is 0 Å². The molecule has 0 radical (unpaired) electrons. The summed E-state index contributed by atoms with van der Waals surface area (Å²) in [5, 5.41) is 3.19. The highest BCUT2D eigenvalue weighted by Crippen LogP contribution is 2.26. The summed E-state index contributed by atoms with van der Waals surface area (Å²) in [7, 11) is 1.91. The van der Waals surface area contributed by atoms with E-state index in [1.54, 1.807) is 0 Å². The van der Waals surface area contributed by atoms with E-state index < -0.39 is 0 Å². The molecule has 2 unspecified atom stereocenters. The minimum atomic E-state index is 0.0335. The highest BCUT2D eigenvalue weighted by Gasteiger charge is 2.34. The van der Waals surface area contributed by atoms with Gasteiger partial charge < -0.3 is 10.2 Å². The van der Waals surface area contributed by atoms with E-state index in [2.05, 4.69) is 29.3 Å². The Morgan fingerprint density at radius 3 is 2.44 bits per heavy atom. The summed E-state index contributed by atoms with van der Waals surface area (Å²) in [6, 6.07) is 0.876. The standard InChI is InChI=1S/C15H26N2O/c1-12-8-7-11-14(16-2)15(18)17(12)13-9-5-3-4-6-10-13/h3-4,12-14,16H,5-11H2,1-2H3. The summed E-state index contributed by atoms with van der Waals surface area (Å²) in [6.07, 6.45) is 12.3. The molecule has 0 aromatic heterocycles. The molecule has 0 aromatic carbocycles. The average molecular weight is 250 g/mol. The first-order valence-corrected chi connectivity index (χ1v) is 7.38. The number of hydrogen-bond donors (Lipinski definition) is 1. The fraction of sp³-hybridized carbons (Fsp3) is 0.800. The van der Waals surface area contributed by atoms with Crippen LogP contribution in [0.4, 0.5) is 0 Å². The molecule has 18 heavy (non-hydrogen) atoms. The molecule has 0 bridgehead atoms. The van der Waals surface area contributed by atoms with Crippen LogP contribution < -0.4 is 5.32 Å². The van der Waals surface area contributed by atoms with Crippen molar-refractivity contribution in [3.05, 3.63) is 12.2 Å². The maximum absolute atomic E-state index is 12.6. The zero-order valence-corrected chi connectivity index (χ0v) is 11.7. The second-order valence-corrected chi connectivity index (χ2v) is 5.65. The van der Waals surface area contributed by atoms with Gasteiger partial charge in [-0.1, -0.05) is 12.2 Å². The lowest BCUT2D eigenvalue weighted by molar-refractivity contribution is -0.137. The largest absolute Gasteiger partial charge is 0.336 e. The number of allylic oxidation sites excluding steroid dienone is 2. The van der Waals surface area contributed by atoms with Crippen LogP contribution in [0, 0.1) is 0 Å². The molecule has 1 aliphatic carbocycles. The van der Waals surface area contributed by atoms with Gasteiger partial charge in [0.05, 0.1) is 6.04 Å². The van der Waals surface area contributed by atoms with E-state index in [-0.39, 0.29) is 6.04 Å². The first kappa shape index (κ1) is 13.6. The molecule has 1 amide bonds. The predicted octanol–water partition coefficient (Wildman–Crippen LogP) is 2.47. The first-order valence-electron chi connectivity index (χ1n) is 7.38. The van der Waals surface area contributed by atoms with Crippen molar-refractivity contribution in [3.63, 3.8) is 0 Å². The van der Waals surface area contributed by atoms with Gasteiger partial charge in [-0.05, 0) is 58.9 Å². The molecule has 1 N–H and O–H groups in total. The zero-order valence-electron chi connectivity index (χ0n) is 11.7. The number of amides is 1. The molecule has 3 nitrogen and oxygen atoms in total. The third-order valence-corrected chi connectivity index (χ3v) is 4.38. The molecular weight excluding hydrogens is 224 g/mol. The van der Waals surface area contributed by atoms with Crippen molar-refractivity contribution >= 4 is 5.91 Å². The third-order valence-electron chi connectivity index (χ3n) is 4.38. The van der Waals surface area contributed by atoms with E-state index in [0.717, 1.165) is 44.9 Å². The molecule has 1 heterocycles. The topological polar surface area (TPSA) is 32.3 Å². The highest BCUT2D eigenvalue weighted by molar-refractivity contribution is 5.82. The fourth-order valence-electron chi connectivity index (χ4n) is 3.32. The van der Waals surface area contributed by atoms with Crippen molar-refractivity contribution < 1.29 is 4.79 Å². The summed E-state index contributed by atoms with van der Waals surface area (Å²) in [6.45, 7) is 2.22. The summed E-state index contributed by atoms with van der Waals surface area (Å²) in [4.78, 5) is 14.8. The van der Waals surface area contributed by atoms with Gasteiger partial charge in [0.25, 0.3) is 0 Å². The molecular formula is C15H26N2O.